The number of hydrogen-bond acceptors (Lipinski definition) is 3. The minimum atomic E-state index is -0.603. The number of nitrogens with zero attached hydrogens (tertiary/aromatic N) is 1. The van der Waals surface area contributed by atoms with Gasteiger partial charge in [0.25, 0.3) is 5.91 Å². The number of likely N-dealkylation sites (tertiary alicyclic amines) is 1. The van der Waals surface area contributed by atoms with Gasteiger partial charge >= 0.3 is 0 Å². The van der Waals surface area contributed by atoms with Crippen molar-refractivity contribution in [2.45, 2.75) is 46.1 Å². The number of amides is 3. The Balaban J connectivity index is 2.13. The molecule has 1 aliphatic heterocycles. The summed E-state index contributed by atoms with van der Waals surface area (Å²) in [6.07, 6.45) is 2.01. The van der Waals surface area contributed by atoms with Gasteiger partial charge in [-0.3, -0.25) is 14.4 Å². The van der Waals surface area contributed by atoms with Crippen molar-refractivity contribution < 1.29 is 14.4 Å². The van der Waals surface area contributed by atoms with Gasteiger partial charge in [0.2, 0.25) is 11.8 Å². The van der Waals surface area contributed by atoms with Crippen LogP contribution >= 0.6 is 0 Å². The van der Waals surface area contributed by atoms with Crippen LogP contribution in [0.25, 0.3) is 0 Å². The molecule has 26 heavy (non-hydrogen) atoms. The van der Waals surface area contributed by atoms with Crippen molar-refractivity contribution in [3.63, 3.8) is 0 Å². The fourth-order valence-corrected chi connectivity index (χ4v) is 3.39. The van der Waals surface area contributed by atoms with Gasteiger partial charge in [0, 0.05) is 18.7 Å². The number of aryl methyl sites for hydroxylation is 1. The Labute approximate surface area is 155 Å². The molecule has 2 atom stereocenters. The maximum absolute atomic E-state index is 13.0. The highest BCUT2D eigenvalue weighted by molar-refractivity contribution is 5.98. The molecule has 0 spiro atoms. The zero-order chi connectivity index (χ0) is 19.3. The number of rotatable bonds is 6. The molecule has 1 aliphatic rings. The van der Waals surface area contributed by atoms with Gasteiger partial charge in [-0.05, 0) is 43.7 Å². The van der Waals surface area contributed by atoms with E-state index in [1.165, 1.54) is 0 Å². The van der Waals surface area contributed by atoms with E-state index < -0.39 is 6.04 Å². The van der Waals surface area contributed by atoms with E-state index in [0.29, 0.717) is 31.5 Å². The lowest BCUT2D eigenvalue weighted by Crippen LogP contribution is -2.53. The lowest BCUT2D eigenvalue weighted by molar-refractivity contribution is -0.137. The molecule has 3 amide bonds. The number of primary amides is 1. The summed E-state index contributed by atoms with van der Waals surface area (Å²) in [6, 6.07) is 6.71. The van der Waals surface area contributed by atoms with Crippen LogP contribution in [0.1, 0.15) is 49.0 Å². The smallest absolute Gasteiger partial charge is 0.252 e. The van der Waals surface area contributed by atoms with Gasteiger partial charge in [-0.15, -0.1) is 0 Å². The van der Waals surface area contributed by atoms with Crippen molar-refractivity contribution in [3.05, 3.63) is 35.4 Å². The Morgan fingerprint density at radius 1 is 1.27 bits per heavy atom. The fourth-order valence-electron chi connectivity index (χ4n) is 3.39. The Kier molecular flexibility index (Phi) is 6.77. The maximum atomic E-state index is 13.0. The average molecular weight is 359 g/mol. The quantitative estimate of drug-likeness (QED) is 0.812. The van der Waals surface area contributed by atoms with E-state index >= 15 is 0 Å². The van der Waals surface area contributed by atoms with E-state index in [2.05, 4.69) is 5.32 Å². The van der Waals surface area contributed by atoms with Crippen molar-refractivity contribution >= 4 is 17.7 Å². The molecule has 1 fully saturated rings. The minimum absolute atomic E-state index is 0.133. The van der Waals surface area contributed by atoms with Crippen LogP contribution in [-0.2, 0) is 9.59 Å². The Morgan fingerprint density at radius 2 is 1.96 bits per heavy atom. The molecule has 0 radical (unpaired) electrons. The largest absolute Gasteiger partial charge is 0.369 e. The molecule has 6 heteroatoms. The van der Waals surface area contributed by atoms with E-state index in [1.807, 2.05) is 39.0 Å². The van der Waals surface area contributed by atoms with Crippen LogP contribution in [0.4, 0.5) is 0 Å². The van der Waals surface area contributed by atoms with E-state index in [9.17, 15) is 14.4 Å². The summed E-state index contributed by atoms with van der Waals surface area (Å²) < 4.78 is 0. The van der Waals surface area contributed by atoms with Gasteiger partial charge in [0.1, 0.15) is 6.04 Å². The lowest BCUT2D eigenvalue weighted by Gasteiger charge is -2.34. The van der Waals surface area contributed by atoms with Crippen molar-refractivity contribution in [2.75, 3.05) is 13.1 Å². The highest BCUT2D eigenvalue weighted by atomic mass is 16.2. The summed E-state index contributed by atoms with van der Waals surface area (Å²) >= 11 is 0. The van der Waals surface area contributed by atoms with Crippen LogP contribution in [0.2, 0.25) is 0 Å². The van der Waals surface area contributed by atoms with Crippen LogP contribution in [-0.4, -0.2) is 41.8 Å². The number of benzene rings is 1. The van der Waals surface area contributed by atoms with Gasteiger partial charge in [0.05, 0.1) is 5.92 Å². The fraction of sp³-hybridized carbons (Fsp3) is 0.550. The SMILES string of the molecule is Cc1ccccc1C(=O)NC(CC(C)C)C(=O)N1CCCC(C(N)=O)C1. The lowest BCUT2D eigenvalue weighted by atomic mass is 9.95. The van der Waals surface area contributed by atoms with Crippen molar-refractivity contribution in [2.24, 2.45) is 17.6 Å². The van der Waals surface area contributed by atoms with E-state index in [4.69, 9.17) is 5.73 Å². The number of piperidine rings is 1. The molecule has 2 unspecified atom stereocenters. The highest BCUT2D eigenvalue weighted by Gasteiger charge is 2.32. The van der Waals surface area contributed by atoms with Crippen LogP contribution < -0.4 is 11.1 Å². The van der Waals surface area contributed by atoms with E-state index in [1.54, 1.807) is 11.0 Å². The predicted octanol–water partition coefficient (Wildman–Crippen LogP) is 1.86. The predicted molar refractivity (Wildman–Crippen MR) is 100 cm³/mol. The second kappa shape index (κ2) is 8.83. The Morgan fingerprint density at radius 3 is 2.58 bits per heavy atom. The van der Waals surface area contributed by atoms with E-state index in [-0.39, 0.29) is 29.6 Å². The molecule has 3 N–H and O–H groups in total. The van der Waals surface area contributed by atoms with Crippen LogP contribution in [0.3, 0.4) is 0 Å². The van der Waals surface area contributed by atoms with Gasteiger partial charge in [-0.1, -0.05) is 32.0 Å². The normalized spacial score (nSPS) is 18.5. The second-order valence-corrected chi connectivity index (χ2v) is 7.50. The van der Waals surface area contributed by atoms with Crippen molar-refractivity contribution in [1.29, 1.82) is 0 Å². The number of hydrogen-bond donors (Lipinski definition) is 2. The van der Waals surface area contributed by atoms with E-state index in [0.717, 1.165) is 12.0 Å². The third-order valence-electron chi connectivity index (χ3n) is 4.84. The number of carbonyl (C=O) groups excluding carboxylic acids is 3. The van der Waals surface area contributed by atoms with Crippen molar-refractivity contribution in [1.82, 2.24) is 10.2 Å². The summed E-state index contributed by atoms with van der Waals surface area (Å²) in [5, 5.41) is 2.90. The summed E-state index contributed by atoms with van der Waals surface area (Å²) in [4.78, 5) is 38.8. The average Bonchev–Trinajstić information content (AvgIpc) is 2.60. The zero-order valence-electron chi connectivity index (χ0n) is 15.8. The Bertz CT molecular complexity index is 672. The monoisotopic (exact) mass is 359 g/mol. The van der Waals surface area contributed by atoms with Crippen LogP contribution in [0.15, 0.2) is 24.3 Å². The molecular weight excluding hydrogens is 330 g/mol. The third kappa shape index (κ3) is 5.07. The molecule has 2 rings (SSSR count). The number of carbonyl (C=O) groups is 3. The van der Waals surface area contributed by atoms with Crippen LogP contribution in [0.5, 0.6) is 0 Å². The minimum Gasteiger partial charge on any atom is -0.369 e. The summed E-state index contributed by atoms with van der Waals surface area (Å²) in [7, 11) is 0. The highest BCUT2D eigenvalue weighted by Crippen LogP contribution is 2.19. The Hall–Kier alpha value is -2.37. The molecule has 0 aliphatic carbocycles. The van der Waals surface area contributed by atoms with Gasteiger partial charge in [-0.2, -0.15) is 0 Å². The third-order valence-corrected chi connectivity index (χ3v) is 4.84. The first-order valence-electron chi connectivity index (χ1n) is 9.24. The molecule has 1 heterocycles. The first-order chi connectivity index (χ1) is 12.3. The molecule has 1 saturated heterocycles. The molecule has 0 bridgehead atoms. The molecule has 0 aromatic heterocycles. The van der Waals surface area contributed by atoms with Crippen molar-refractivity contribution in [3.8, 4) is 0 Å². The molecule has 1 aromatic carbocycles. The molecule has 1 aromatic rings. The molecular formula is C20H29N3O3. The maximum Gasteiger partial charge on any atom is 0.252 e. The summed E-state index contributed by atoms with van der Waals surface area (Å²) in [5.74, 6) is -0.804. The van der Waals surface area contributed by atoms with Gasteiger partial charge in [0.15, 0.2) is 0 Å². The first-order valence-corrected chi connectivity index (χ1v) is 9.24. The number of nitrogens with two attached hydrogens (primary N) is 1. The van der Waals surface area contributed by atoms with Gasteiger partial charge in [-0.25, -0.2) is 0 Å². The standard InChI is InChI=1S/C20H29N3O3/c1-13(2)11-17(22-19(25)16-9-5-4-7-14(16)3)20(26)23-10-6-8-15(12-23)18(21)24/h4-5,7,9,13,15,17H,6,8,10-12H2,1-3H3,(H2,21,24)(H,22,25). The number of nitrogens with one attached hydrogen (secondary N) is 1. The van der Waals surface area contributed by atoms with Gasteiger partial charge < -0.3 is 16.0 Å². The summed E-state index contributed by atoms with van der Waals surface area (Å²) in [6.45, 7) is 6.84. The molecule has 6 nitrogen and oxygen atoms in total. The molecule has 142 valence electrons. The molecule has 0 saturated carbocycles. The summed E-state index contributed by atoms with van der Waals surface area (Å²) in [5.41, 5.74) is 6.85. The van der Waals surface area contributed by atoms with Crippen LogP contribution in [0, 0.1) is 18.8 Å². The first kappa shape index (κ1) is 19.9. The topological polar surface area (TPSA) is 92.5 Å². The second-order valence-electron chi connectivity index (χ2n) is 7.50. The zero-order valence-corrected chi connectivity index (χ0v) is 15.8.